The van der Waals surface area contributed by atoms with Crippen LogP contribution in [0.2, 0.25) is 0 Å². The molecule has 1 N–H and O–H groups in total. The zero-order valence-corrected chi connectivity index (χ0v) is 17.3. The molecule has 4 heteroatoms. The van der Waals surface area contributed by atoms with E-state index in [2.05, 4.69) is 30.3 Å². The molecule has 1 unspecified atom stereocenters. The van der Waals surface area contributed by atoms with E-state index >= 15 is 0 Å². The third-order valence-electron chi connectivity index (χ3n) is 5.47. The lowest BCUT2D eigenvalue weighted by atomic mass is 10.0. The fourth-order valence-electron chi connectivity index (χ4n) is 3.94. The van der Waals surface area contributed by atoms with E-state index in [0.717, 1.165) is 36.5 Å². The van der Waals surface area contributed by atoms with Crippen molar-refractivity contribution in [3.8, 4) is 28.4 Å². The average Bonchev–Trinajstić information content (AvgIpc) is 3.17. The van der Waals surface area contributed by atoms with Crippen LogP contribution in [0.5, 0.6) is 17.2 Å². The molecule has 1 aliphatic rings. The Hall–Kier alpha value is -2.98. The van der Waals surface area contributed by atoms with E-state index in [-0.39, 0.29) is 0 Å². The van der Waals surface area contributed by atoms with E-state index in [1.54, 1.807) is 7.11 Å². The van der Waals surface area contributed by atoms with Gasteiger partial charge in [0.05, 0.1) is 19.8 Å². The molecule has 156 valence electrons. The molecule has 0 heterocycles. The second kappa shape index (κ2) is 9.68. The number of rotatable bonds is 10. The summed E-state index contributed by atoms with van der Waals surface area (Å²) in [6.45, 7) is 0.892. The number of aliphatic hydroxyl groups excluding tert-OH is 1. The molecule has 0 saturated heterocycles. The van der Waals surface area contributed by atoms with Gasteiger partial charge >= 0.3 is 0 Å². The summed E-state index contributed by atoms with van der Waals surface area (Å²) in [5.74, 6) is 2.35. The van der Waals surface area contributed by atoms with E-state index in [0.29, 0.717) is 19.6 Å². The number of ether oxygens (including phenoxy) is 3. The average molecular weight is 405 g/mol. The van der Waals surface area contributed by atoms with Crippen molar-refractivity contribution in [3.63, 3.8) is 0 Å². The smallest absolute Gasteiger partial charge is 0.161 e. The van der Waals surface area contributed by atoms with Crippen molar-refractivity contribution in [3.05, 3.63) is 77.9 Å². The van der Waals surface area contributed by atoms with Crippen molar-refractivity contribution in [1.82, 2.24) is 0 Å². The number of unbranched alkanes of at least 4 members (excludes halogenated alkanes) is 1. The Morgan fingerprint density at radius 1 is 0.800 bits per heavy atom. The first-order chi connectivity index (χ1) is 14.8. The lowest BCUT2D eigenvalue weighted by molar-refractivity contribution is 0.0966. The van der Waals surface area contributed by atoms with Crippen molar-refractivity contribution < 1.29 is 19.3 Å². The monoisotopic (exact) mass is 404 g/mol. The molecule has 0 radical (unpaired) electrons. The highest BCUT2D eigenvalue weighted by Gasteiger charge is 2.22. The number of benzene rings is 3. The summed E-state index contributed by atoms with van der Waals surface area (Å²) in [5, 5.41) is 10.4. The summed E-state index contributed by atoms with van der Waals surface area (Å²) in [4.78, 5) is 0. The first kappa shape index (κ1) is 20.3. The van der Waals surface area contributed by atoms with Crippen molar-refractivity contribution in [1.29, 1.82) is 0 Å². The molecule has 0 bridgehead atoms. The molecule has 3 aromatic rings. The Labute approximate surface area is 178 Å². The van der Waals surface area contributed by atoms with Crippen LogP contribution in [0.25, 0.3) is 11.1 Å². The fourth-order valence-corrected chi connectivity index (χ4v) is 3.94. The van der Waals surface area contributed by atoms with Gasteiger partial charge in [-0.05, 0) is 60.6 Å². The molecule has 3 aromatic carbocycles. The normalized spacial score (nSPS) is 12.7. The van der Waals surface area contributed by atoms with Crippen LogP contribution in [0.1, 0.15) is 30.4 Å². The highest BCUT2D eigenvalue weighted by molar-refractivity contribution is 5.81. The molecule has 4 rings (SSSR count). The highest BCUT2D eigenvalue weighted by atomic mass is 16.5. The third-order valence-corrected chi connectivity index (χ3v) is 5.47. The van der Waals surface area contributed by atoms with Crippen molar-refractivity contribution in [2.75, 3.05) is 20.3 Å². The lowest BCUT2D eigenvalue weighted by Crippen LogP contribution is -2.18. The number of aliphatic hydroxyl groups is 1. The summed E-state index contributed by atoms with van der Waals surface area (Å²) in [7, 11) is 1.64. The standard InChI is InChI=1S/C26H28O4/c1-28-23-13-4-5-14-24(23)29-16-7-6-11-21(27)18-30-25-15-8-10-20-17-19-9-2-3-12-22(19)26(20)25/h2-5,8-10,12-15,21,27H,6-7,11,16-18H2,1H3. The summed E-state index contributed by atoms with van der Waals surface area (Å²) < 4.78 is 17.1. The van der Waals surface area contributed by atoms with Gasteiger partial charge in [0.15, 0.2) is 11.5 Å². The summed E-state index contributed by atoms with van der Waals surface area (Å²) in [5.41, 5.74) is 5.03. The number of fused-ring (bicyclic) bond motifs is 3. The van der Waals surface area contributed by atoms with Gasteiger partial charge in [-0.2, -0.15) is 0 Å². The van der Waals surface area contributed by atoms with Crippen LogP contribution in [0.15, 0.2) is 66.7 Å². The first-order valence-corrected chi connectivity index (χ1v) is 10.5. The van der Waals surface area contributed by atoms with E-state index in [4.69, 9.17) is 14.2 Å². The van der Waals surface area contributed by atoms with Crippen molar-refractivity contribution >= 4 is 0 Å². The first-order valence-electron chi connectivity index (χ1n) is 10.5. The number of hydrogen-bond donors (Lipinski definition) is 1. The van der Waals surface area contributed by atoms with Gasteiger partial charge in [0.1, 0.15) is 12.4 Å². The van der Waals surface area contributed by atoms with E-state index in [1.165, 1.54) is 22.3 Å². The summed E-state index contributed by atoms with van der Waals surface area (Å²) >= 11 is 0. The molecular weight excluding hydrogens is 376 g/mol. The second-order valence-electron chi connectivity index (χ2n) is 7.58. The Morgan fingerprint density at radius 3 is 2.40 bits per heavy atom. The fraction of sp³-hybridized carbons (Fsp3) is 0.308. The van der Waals surface area contributed by atoms with Gasteiger partial charge in [0.25, 0.3) is 0 Å². The van der Waals surface area contributed by atoms with Gasteiger partial charge in [-0.25, -0.2) is 0 Å². The summed E-state index contributed by atoms with van der Waals surface area (Å²) in [6, 6.07) is 22.3. The van der Waals surface area contributed by atoms with Gasteiger partial charge in [-0.1, -0.05) is 48.5 Å². The molecule has 0 spiro atoms. The highest BCUT2D eigenvalue weighted by Crippen LogP contribution is 2.42. The Balaban J connectivity index is 1.23. The van der Waals surface area contributed by atoms with Gasteiger partial charge in [0.2, 0.25) is 0 Å². The molecule has 0 fully saturated rings. The maximum Gasteiger partial charge on any atom is 0.161 e. The topological polar surface area (TPSA) is 47.9 Å². The second-order valence-corrected chi connectivity index (χ2v) is 7.58. The van der Waals surface area contributed by atoms with Gasteiger partial charge in [0, 0.05) is 5.56 Å². The Bertz CT molecular complexity index is 982. The minimum atomic E-state index is -0.497. The maximum absolute atomic E-state index is 10.4. The molecule has 30 heavy (non-hydrogen) atoms. The maximum atomic E-state index is 10.4. The molecular formula is C26H28O4. The molecule has 0 aliphatic heterocycles. The Morgan fingerprint density at radius 2 is 1.53 bits per heavy atom. The molecule has 0 amide bonds. The van der Waals surface area contributed by atoms with Crippen LogP contribution in [0.3, 0.4) is 0 Å². The van der Waals surface area contributed by atoms with Gasteiger partial charge in [-0.3, -0.25) is 0 Å². The minimum absolute atomic E-state index is 0.298. The lowest BCUT2D eigenvalue weighted by Gasteiger charge is -2.15. The van der Waals surface area contributed by atoms with Crippen LogP contribution in [0.4, 0.5) is 0 Å². The van der Waals surface area contributed by atoms with E-state index in [1.807, 2.05) is 36.4 Å². The summed E-state index contributed by atoms with van der Waals surface area (Å²) in [6.07, 6.45) is 2.86. The molecule has 0 saturated carbocycles. The van der Waals surface area contributed by atoms with Gasteiger partial charge < -0.3 is 19.3 Å². The minimum Gasteiger partial charge on any atom is -0.493 e. The zero-order valence-electron chi connectivity index (χ0n) is 17.3. The van der Waals surface area contributed by atoms with E-state index in [9.17, 15) is 5.11 Å². The van der Waals surface area contributed by atoms with Crippen LogP contribution in [0, 0.1) is 0 Å². The van der Waals surface area contributed by atoms with Crippen molar-refractivity contribution in [2.45, 2.75) is 31.8 Å². The largest absolute Gasteiger partial charge is 0.493 e. The SMILES string of the molecule is COc1ccccc1OCCCCC(O)COc1cccc2c1-c1ccccc1C2. The van der Waals surface area contributed by atoms with E-state index < -0.39 is 6.10 Å². The predicted molar refractivity (Wildman–Crippen MR) is 119 cm³/mol. The van der Waals surface area contributed by atoms with Crippen LogP contribution in [-0.4, -0.2) is 31.5 Å². The van der Waals surface area contributed by atoms with Crippen LogP contribution in [-0.2, 0) is 6.42 Å². The quantitative estimate of drug-likeness (QED) is 0.367. The molecule has 1 atom stereocenters. The zero-order chi connectivity index (χ0) is 20.8. The molecule has 4 nitrogen and oxygen atoms in total. The Kier molecular flexibility index (Phi) is 6.55. The third kappa shape index (κ3) is 4.60. The number of methoxy groups -OCH3 is 1. The van der Waals surface area contributed by atoms with Gasteiger partial charge in [-0.15, -0.1) is 0 Å². The van der Waals surface area contributed by atoms with Crippen molar-refractivity contribution in [2.24, 2.45) is 0 Å². The predicted octanol–water partition coefficient (Wildman–Crippen LogP) is 5.26. The number of hydrogen-bond acceptors (Lipinski definition) is 4. The van der Waals surface area contributed by atoms with Crippen LogP contribution >= 0.6 is 0 Å². The molecule has 1 aliphatic carbocycles. The molecule has 0 aromatic heterocycles. The number of para-hydroxylation sites is 2. The van der Waals surface area contributed by atoms with Crippen LogP contribution < -0.4 is 14.2 Å².